The molecule has 0 radical (unpaired) electrons. The molecule has 0 unspecified atom stereocenters. The second kappa shape index (κ2) is 7.75. The van der Waals surface area contributed by atoms with Crippen LogP contribution in [-0.2, 0) is 12.4 Å². The maximum Gasteiger partial charge on any atom is 0.160 e. The lowest BCUT2D eigenvalue weighted by Gasteiger charge is -2.06. The molecule has 0 aliphatic heterocycles. The fourth-order valence-corrected chi connectivity index (χ4v) is 2.91. The number of aryl methyl sites for hydroxylation is 1. The highest BCUT2D eigenvalue weighted by molar-refractivity contribution is 7.98. The number of thioether (sulfide) groups is 1. The van der Waals surface area contributed by atoms with Crippen molar-refractivity contribution in [1.82, 2.24) is 14.5 Å². The molecule has 0 saturated carbocycles. The van der Waals surface area contributed by atoms with E-state index in [0.29, 0.717) is 5.88 Å². The average Bonchev–Trinajstić information content (AvgIpc) is 2.81. The summed E-state index contributed by atoms with van der Waals surface area (Å²) in [6, 6.07) is 3.91. The first-order valence-corrected chi connectivity index (χ1v) is 8.64. The first kappa shape index (κ1) is 14.7. The third-order valence-corrected chi connectivity index (χ3v) is 4.12. The highest BCUT2D eigenvalue weighted by atomic mass is 35.5. The van der Waals surface area contributed by atoms with E-state index in [0.717, 1.165) is 23.5 Å². The summed E-state index contributed by atoms with van der Waals surface area (Å²) in [5.74, 6) is 2.64. The van der Waals surface area contributed by atoms with Crippen LogP contribution in [0, 0.1) is 0 Å². The van der Waals surface area contributed by atoms with Crippen LogP contribution >= 0.6 is 23.4 Å². The number of imidazole rings is 1. The maximum atomic E-state index is 5.97. The molecule has 0 aromatic carbocycles. The summed E-state index contributed by atoms with van der Waals surface area (Å²) in [5, 5.41) is 0. The Kier molecular flexibility index (Phi) is 5.98. The Bertz CT molecular complexity index is 512. The van der Waals surface area contributed by atoms with Crippen molar-refractivity contribution in [2.45, 2.75) is 38.1 Å². The summed E-state index contributed by atoms with van der Waals surface area (Å²) in [6.07, 6.45) is 9.02. The lowest BCUT2D eigenvalue weighted by molar-refractivity contribution is 0.580. The fourth-order valence-electron chi connectivity index (χ4n) is 2.21. The second-order valence-corrected chi connectivity index (χ2v) is 5.82. The molecule has 104 valence electrons. The highest BCUT2D eigenvalue weighted by Crippen LogP contribution is 2.16. The fraction of sp³-hybridized carbons (Fsp3) is 0.571. The van der Waals surface area contributed by atoms with E-state index in [1.165, 1.54) is 31.4 Å². The summed E-state index contributed by atoms with van der Waals surface area (Å²) in [7, 11) is 0. The van der Waals surface area contributed by atoms with Gasteiger partial charge in [-0.2, -0.15) is 11.8 Å². The monoisotopic (exact) mass is 297 g/mol. The van der Waals surface area contributed by atoms with Gasteiger partial charge in [0.2, 0.25) is 0 Å². The van der Waals surface area contributed by atoms with Crippen LogP contribution in [0.25, 0.3) is 11.2 Å². The van der Waals surface area contributed by atoms with E-state index < -0.39 is 0 Å². The number of aromatic nitrogens is 3. The van der Waals surface area contributed by atoms with Crippen LogP contribution in [0.3, 0.4) is 0 Å². The van der Waals surface area contributed by atoms with Crippen molar-refractivity contribution >= 4 is 34.5 Å². The molecule has 0 spiro atoms. The molecular weight excluding hydrogens is 278 g/mol. The number of fused-ring (bicyclic) bond motifs is 1. The summed E-state index contributed by atoms with van der Waals surface area (Å²) >= 11 is 7.89. The average molecular weight is 298 g/mol. The summed E-state index contributed by atoms with van der Waals surface area (Å²) in [6.45, 7) is 0.967. The SMILES string of the molecule is CSCCCCCCn1c(CCl)nc2cccnc21. The Morgan fingerprint density at radius 3 is 2.89 bits per heavy atom. The van der Waals surface area contributed by atoms with Crippen LogP contribution in [-0.4, -0.2) is 26.5 Å². The lowest BCUT2D eigenvalue weighted by Crippen LogP contribution is -2.03. The van der Waals surface area contributed by atoms with Crippen molar-refractivity contribution in [2.75, 3.05) is 12.0 Å². The normalized spacial score (nSPS) is 11.3. The first-order valence-electron chi connectivity index (χ1n) is 6.72. The Morgan fingerprint density at radius 2 is 2.11 bits per heavy atom. The van der Waals surface area contributed by atoms with Crippen molar-refractivity contribution in [1.29, 1.82) is 0 Å². The molecule has 0 saturated heterocycles. The van der Waals surface area contributed by atoms with Crippen molar-refractivity contribution in [3.63, 3.8) is 0 Å². The minimum absolute atomic E-state index is 0.447. The van der Waals surface area contributed by atoms with Crippen molar-refractivity contribution in [3.05, 3.63) is 24.2 Å². The van der Waals surface area contributed by atoms with Gasteiger partial charge < -0.3 is 4.57 Å². The third kappa shape index (κ3) is 3.86. The lowest BCUT2D eigenvalue weighted by atomic mass is 10.2. The van der Waals surface area contributed by atoms with Crippen molar-refractivity contribution in [2.24, 2.45) is 0 Å². The molecule has 0 atom stereocenters. The number of nitrogens with zero attached hydrogens (tertiary/aromatic N) is 3. The van der Waals surface area contributed by atoms with Crippen LogP contribution in [0.4, 0.5) is 0 Å². The van der Waals surface area contributed by atoms with Gasteiger partial charge in [0.15, 0.2) is 5.65 Å². The third-order valence-electron chi connectivity index (χ3n) is 3.18. The molecule has 0 N–H and O–H groups in total. The van der Waals surface area contributed by atoms with Gasteiger partial charge in [-0.05, 0) is 37.0 Å². The predicted octanol–water partition coefficient (Wildman–Crippen LogP) is 4.09. The van der Waals surface area contributed by atoms with Crippen molar-refractivity contribution in [3.8, 4) is 0 Å². The van der Waals surface area contributed by atoms with Gasteiger partial charge in [-0.25, -0.2) is 9.97 Å². The molecule has 2 aromatic rings. The molecule has 3 nitrogen and oxygen atoms in total. The molecule has 0 aliphatic carbocycles. The topological polar surface area (TPSA) is 30.7 Å². The van der Waals surface area contributed by atoms with E-state index in [9.17, 15) is 0 Å². The second-order valence-electron chi connectivity index (χ2n) is 4.57. The number of alkyl halides is 1. The highest BCUT2D eigenvalue weighted by Gasteiger charge is 2.09. The zero-order valence-electron chi connectivity index (χ0n) is 11.3. The van der Waals surface area contributed by atoms with Gasteiger partial charge in [-0.1, -0.05) is 12.8 Å². The molecule has 0 aliphatic rings. The molecule has 2 rings (SSSR count). The van der Waals surface area contributed by atoms with E-state index in [-0.39, 0.29) is 0 Å². The Balaban J connectivity index is 1.95. The summed E-state index contributed by atoms with van der Waals surface area (Å²) < 4.78 is 2.16. The Hall–Kier alpha value is -0.740. The largest absolute Gasteiger partial charge is 0.312 e. The number of hydrogen-bond acceptors (Lipinski definition) is 3. The van der Waals surface area contributed by atoms with Gasteiger partial charge in [0.1, 0.15) is 11.3 Å². The standard InChI is InChI=1S/C14H20ClN3S/c1-19-10-5-3-2-4-9-18-13(11-15)17-12-7-6-8-16-14(12)18/h6-8H,2-5,9-11H2,1H3. The van der Waals surface area contributed by atoms with Gasteiger partial charge in [-0.3, -0.25) is 0 Å². The van der Waals surface area contributed by atoms with Gasteiger partial charge in [0, 0.05) is 12.7 Å². The van der Waals surface area contributed by atoms with Crippen LogP contribution in [0.15, 0.2) is 18.3 Å². The number of hydrogen-bond donors (Lipinski definition) is 0. The number of rotatable bonds is 8. The van der Waals surface area contributed by atoms with Gasteiger partial charge in [0.05, 0.1) is 5.88 Å². The van der Waals surface area contributed by atoms with E-state index in [1.807, 2.05) is 30.1 Å². The molecule has 2 aromatic heterocycles. The number of pyridine rings is 1. The van der Waals surface area contributed by atoms with Crippen LogP contribution < -0.4 is 0 Å². The van der Waals surface area contributed by atoms with E-state index in [4.69, 9.17) is 11.6 Å². The quantitative estimate of drug-likeness (QED) is 0.543. The van der Waals surface area contributed by atoms with Gasteiger partial charge in [0.25, 0.3) is 0 Å². The van der Waals surface area contributed by atoms with Gasteiger partial charge >= 0.3 is 0 Å². The van der Waals surface area contributed by atoms with E-state index in [2.05, 4.69) is 20.8 Å². The first-order chi connectivity index (χ1) is 9.36. The summed E-state index contributed by atoms with van der Waals surface area (Å²) in [5.41, 5.74) is 1.91. The van der Waals surface area contributed by atoms with Crippen LogP contribution in [0.2, 0.25) is 0 Å². The number of unbranched alkanes of at least 4 members (excludes halogenated alkanes) is 3. The van der Waals surface area contributed by atoms with Crippen LogP contribution in [0.5, 0.6) is 0 Å². The van der Waals surface area contributed by atoms with Crippen LogP contribution in [0.1, 0.15) is 31.5 Å². The Morgan fingerprint density at radius 1 is 1.26 bits per heavy atom. The predicted molar refractivity (Wildman–Crippen MR) is 83.9 cm³/mol. The number of halogens is 1. The zero-order valence-corrected chi connectivity index (χ0v) is 12.9. The molecule has 0 bridgehead atoms. The molecular formula is C14H20ClN3S. The smallest absolute Gasteiger partial charge is 0.160 e. The molecule has 0 fully saturated rings. The molecule has 0 amide bonds. The maximum absolute atomic E-state index is 5.97. The van der Waals surface area contributed by atoms with Crippen molar-refractivity contribution < 1.29 is 0 Å². The van der Waals surface area contributed by atoms with Gasteiger partial charge in [-0.15, -0.1) is 11.6 Å². The molecule has 5 heteroatoms. The van der Waals surface area contributed by atoms with E-state index in [1.54, 1.807) is 0 Å². The Labute approximate surface area is 123 Å². The minimum Gasteiger partial charge on any atom is -0.312 e. The molecule has 19 heavy (non-hydrogen) atoms. The minimum atomic E-state index is 0.447. The zero-order chi connectivity index (χ0) is 13.5. The van der Waals surface area contributed by atoms with E-state index >= 15 is 0 Å². The molecule has 2 heterocycles. The summed E-state index contributed by atoms with van der Waals surface area (Å²) in [4.78, 5) is 8.94.